The molecule has 7 nitrogen and oxygen atoms in total. The molecule has 9 heteroatoms. The van der Waals surface area contributed by atoms with Gasteiger partial charge in [0.25, 0.3) is 0 Å². The lowest BCUT2D eigenvalue weighted by atomic mass is 10.3. The van der Waals surface area contributed by atoms with Crippen LogP contribution in [-0.2, 0) is 16.6 Å². The van der Waals surface area contributed by atoms with Gasteiger partial charge in [-0.2, -0.15) is 8.70 Å². The summed E-state index contributed by atoms with van der Waals surface area (Å²) in [6, 6.07) is 5.78. The van der Waals surface area contributed by atoms with Crippen LogP contribution in [-0.4, -0.2) is 24.7 Å². The number of sulfonamides is 1. The number of hydrogen-bond donors (Lipinski definition) is 0. The third-order valence-corrected chi connectivity index (χ3v) is 4.80. The molecule has 2 aromatic rings. The molecule has 0 bridgehead atoms. The maximum atomic E-state index is 13.3. The van der Waals surface area contributed by atoms with E-state index in [0.717, 1.165) is 16.4 Å². The van der Waals surface area contributed by atoms with Gasteiger partial charge in [-0.25, -0.2) is 8.42 Å². The van der Waals surface area contributed by atoms with Crippen LogP contribution in [0.2, 0.25) is 0 Å². The molecule has 1 aromatic carbocycles. The summed E-state index contributed by atoms with van der Waals surface area (Å²) in [5.74, 6) is -0.0216. The fourth-order valence-electron chi connectivity index (χ4n) is 1.85. The average Bonchev–Trinajstić information content (AvgIpc) is 2.84. The SMILES string of the molecule is Cc1ccc(CN(C)S(=O)(=O)c2ccc(F)c([N+](=O)[O-])c2)o1. The van der Waals surface area contributed by atoms with E-state index in [4.69, 9.17) is 4.42 Å². The van der Waals surface area contributed by atoms with E-state index in [1.54, 1.807) is 19.1 Å². The van der Waals surface area contributed by atoms with Crippen molar-refractivity contribution in [2.75, 3.05) is 7.05 Å². The first-order valence-electron chi connectivity index (χ1n) is 6.17. The quantitative estimate of drug-likeness (QED) is 0.621. The molecule has 1 heterocycles. The van der Waals surface area contributed by atoms with Crippen LogP contribution in [0.25, 0.3) is 0 Å². The Morgan fingerprint density at radius 3 is 2.55 bits per heavy atom. The maximum absolute atomic E-state index is 13.3. The summed E-state index contributed by atoms with van der Waals surface area (Å²) < 4.78 is 44.3. The molecule has 0 saturated carbocycles. The number of aryl methyl sites for hydroxylation is 1. The summed E-state index contributed by atoms with van der Waals surface area (Å²) >= 11 is 0. The second-order valence-electron chi connectivity index (χ2n) is 4.64. The first-order valence-corrected chi connectivity index (χ1v) is 7.61. The van der Waals surface area contributed by atoms with E-state index < -0.39 is 26.5 Å². The molecule has 0 aliphatic rings. The van der Waals surface area contributed by atoms with Crippen molar-refractivity contribution >= 4 is 15.7 Å². The molecule has 2 rings (SSSR count). The van der Waals surface area contributed by atoms with Crippen molar-refractivity contribution < 1.29 is 22.1 Å². The maximum Gasteiger partial charge on any atom is 0.306 e. The van der Waals surface area contributed by atoms with Gasteiger partial charge in [0.15, 0.2) is 0 Å². The highest BCUT2D eigenvalue weighted by Gasteiger charge is 2.26. The Bertz CT molecular complexity index is 816. The molecule has 22 heavy (non-hydrogen) atoms. The number of hydrogen-bond acceptors (Lipinski definition) is 5. The Labute approximate surface area is 126 Å². The third kappa shape index (κ3) is 3.15. The van der Waals surface area contributed by atoms with Crippen LogP contribution in [0.3, 0.4) is 0 Å². The zero-order valence-corrected chi connectivity index (χ0v) is 12.6. The van der Waals surface area contributed by atoms with E-state index >= 15 is 0 Å². The van der Waals surface area contributed by atoms with Crippen LogP contribution in [0.4, 0.5) is 10.1 Å². The fourth-order valence-corrected chi connectivity index (χ4v) is 3.00. The van der Waals surface area contributed by atoms with Crippen molar-refractivity contribution in [1.29, 1.82) is 0 Å². The lowest BCUT2D eigenvalue weighted by molar-refractivity contribution is -0.387. The van der Waals surface area contributed by atoms with Gasteiger partial charge < -0.3 is 4.42 Å². The summed E-state index contributed by atoms with van der Waals surface area (Å²) in [7, 11) is -2.69. The molecule has 0 aliphatic carbocycles. The van der Waals surface area contributed by atoms with E-state index in [1.165, 1.54) is 7.05 Å². The first kappa shape index (κ1) is 16.1. The molecule has 0 spiro atoms. The van der Waals surface area contributed by atoms with Gasteiger partial charge in [0, 0.05) is 13.1 Å². The molecule has 0 N–H and O–H groups in total. The standard InChI is InChI=1S/C13H13FN2O5S/c1-9-3-4-10(21-9)8-15(2)22(19,20)11-5-6-12(14)13(7-11)16(17)18/h3-7H,8H2,1-2H3. The third-order valence-electron chi connectivity index (χ3n) is 3.00. The summed E-state index contributed by atoms with van der Waals surface area (Å²) in [5.41, 5.74) is -0.886. The minimum absolute atomic E-state index is 0.0403. The molecule has 0 radical (unpaired) electrons. The smallest absolute Gasteiger partial charge is 0.306 e. The van der Waals surface area contributed by atoms with Crippen LogP contribution in [0, 0.1) is 22.9 Å². The van der Waals surface area contributed by atoms with Gasteiger partial charge in [-0.3, -0.25) is 10.1 Å². The van der Waals surface area contributed by atoms with E-state index in [-0.39, 0.29) is 11.4 Å². The Balaban J connectivity index is 2.33. The molecule has 0 saturated heterocycles. The lowest BCUT2D eigenvalue weighted by Crippen LogP contribution is -2.26. The molecule has 0 amide bonds. The van der Waals surface area contributed by atoms with Crippen molar-refractivity contribution in [3.8, 4) is 0 Å². The predicted molar refractivity (Wildman–Crippen MR) is 75.2 cm³/mol. The van der Waals surface area contributed by atoms with Gasteiger partial charge in [0.2, 0.25) is 15.8 Å². The van der Waals surface area contributed by atoms with Gasteiger partial charge in [0.05, 0.1) is 16.4 Å². The zero-order valence-electron chi connectivity index (χ0n) is 11.8. The molecular formula is C13H13FN2O5S. The number of nitro benzene ring substituents is 1. The monoisotopic (exact) mass is 328 g/mol. The van der Waals surface area contributed by atoms with Crippen LogP contribution in [0.1, 0.15) is 11.5 Å². The molecular weight excluding hydrogens is 315 g/mol. The Morgan fingerprint density at radius 1 is 1.32 bits per heavy atom. The van der Waals surface area contributed by atoms with Crippen molar-refractivity contribution in [3.05, 3.63) is 57.8 Å². The number of nitrogens with zero attached hydrogens (tertiary/aromatic N) is 2. The Kier molecular flexibility index (Phi) is 4.29. The molecule has 0 aliphatic heterocycles. The number of rotatable bonds is 5. The van der Waals surface area contributed by atoms with E-state index in [1.807, 2.05) is 0 Å². The molecule has 0 unspecified atom stereocenters. The summed E-state index contributed by atoms with van der Waals surface area (Å²) in [4.78, 5) is 9.38. The summed E-state index contributed by atoms with van der Waals surface area (Å²) in [6.45, 7) is 1.68. The first-order chi connectivity index (χ1) is 10.2. The summed E-state index contributed by atoms with van der Waals surface area (Å²) in [5, 5.41) is 10.7. The highest BCUT2D eigenvalue weighted by molar-refractivity contribution is 7.89. The van der Waals surface area contributed by atoms with Crippen molar-refractivity contribution in [2.45, 2.75) is 18.4 Å². The molecule has 0 fully saturated rings. The van der Waals surface area contributed by atoms with E-state index in [0.29, 0.717) is 17.6 Å². The van der Waals surface area contributed by atoms with Gasteiger partial charge in [0.1, 0.15) is 11.5 Å². The second kappa shape index (κ2) is 5.85. The normalized spacial score (nSPS) is 11.8. The van der Waals surface area contributed by atoms with Gasteiger partial charge >= 0.3 is 5.69 Å². The van der Waals surface area contributed by atoms with Crippen molar-refractivity contribution in [2.24, 2.45) is 0 Å². The minimum atomic E-state index is -4.00. The molecule has 118 valence electrons. The van der Waals surface area contributed by atoms with Crippen molar-refractivity contribution in [3.63, 3.8) is 0 Å². The highest BCUT2D eigenvalue weighted by atomic mass is 32.2. The lowest BCUT2D eigenvalue weighted by Gasteiger charge is -2.15. The van der Waals surface area contributed by atoms with Crippen LogP contribution in [0.5, 0.6) is 0 Å². The highest BCUT2D eigenvalue weighted by Crippen LogP contribution is 2.24. The zero-order chi connectivity index (χ0) is 16.5. The summed E-state index contributed by atoms with van der Waals surface area (Å²) in [6.07, 6.45) is 0. The van der Waals surface area contributed by atoms with Crippen molar-refractivity contribution in [1.82, 2.24) is 4.31 Å². The largest absolute Gasteiger partial charge is 0.465 e. The van der Waals surface area contributed by atoms with Gasteiger partial charge in [-0.15, -0.1) is 0 Å². The predicted octanol–water partition coefficient (Wildman–Crippen LogP) is 2.46. The topological polar surface area (TPSA) is 93.7 Å². The van der Waals surface area contributed by atoms with E-state index in [9.17, 15) is 22.9 Å². The number of benzene rings is 1. The Morgan fingerprint density at radius 2 is 2.00 bits per heavy atom. The number of furan rings is 1. The number of nitro groups is 1. The van der Waals surface area contributed by atoms with Crippen LogP contribution in [0.15, 0.2) is 39.6 Å². The molecule has 1 aromatic heterocycles. The van der Waals surface area contributed by atoms with Crippen LogP contribution < -0.4 is 0 Å². The fraction of sp³-hybridized carbons (Fsp3) is 0.231. The van der Waals surface area contributed by atoms with Crippen LogP contribution >= 0.6 is 0 Å². The average molecular weight is 328 g/mol. The molecule has 0 atom stereocenters. The van der Waals surface area contributed by atoms with Gasteiger partial charge in [-0.05, 0) is 31.2 Å². The van der Waals surface area contributed by atoms with Gasteiger partial charge in [-0.1, -0.05) is 0 Å². The van der Waals surface area contributed by atoms with E-state index in [2.05, 4.69) is 0 Å². The Hall–Kier alpha value is -2.26. The second-order valence-corrected chi connectivity index (χ2v) is 6.69. The minimum Gasteiger partial charge on any atom is -0.465 e. The number of halogens is 1.